The molecule has 0 saturated carbocycles. The van der Waals surface area contributed by atoms with E-state index in [1.807, 2.05) is 0 Å². The number of hydrogen-bond donors (Lipinski definition) is 2. The molecule has 0 atom stereocenters. The maximum absolute atomic E-state index is 13.2. The summed E-state index contributed by atoms with van der Waals surface area (Å²) in [6.45, 7) is 0. The first-order valence-corrected chi connectivity index (χ1v) is 6.93. The van der Waals surface area contributed by atoms with E-state index in [-0.39, 0.29) is 15.0 Å². The molecule has 0 aliphatic rings. The normalized spacial score (nSPS) is 10.4. The van der Waals surface area contributed by atoms with Crippen LogP contribution in [0.3, 0.4) is 0 Å². The first-order valence-electron chi connectivity index (χ1n) is 5.39. The molecule has 0 aliphatic heterocycles. The van der Waals surface area contributed by atoms with Crippen molar-refractivity contribution in [3.05, 3.63) is 56.8 Å². The first kappa shape index (κ1) is 15.3. The van der Waals surface area contributed by atoms with Gasteiger partial charge in [-0.25, -0.2) is 4.39 Å². The zero-order chi connectivity index (χ0) is 14.9. The molecule has 0 amide bonds. The van der Waals surface area contributed by atoms with Crippen LogP contribution >= 0.6 is 47.0 Å². The number of benzene rings is 2. The van der Waals surface area contributed by atoms with Crippen molar-refractivity contribution in [3.63, 3.8) is 0 Å². The molecule has 0 bridgehead atoms. The third kappa shape index (κ3) is 3.33. The molecular formula is C13H8Cl3FN2S. The van der Waals surface area contributed by atoms with Crippen molar-refractivity contribution in [2.24, 2.45) is 5.73 Å². The van der Waals surface area contributed by atoms with Gasteiger partial charge in [-0.3, -0.25) is 0 Å². The van der Waals surface area contributed by atoms with Crippen molar-refractivity contribution in [2.75, 3.05) is 5.32 Å². The summed E-state index contributed by atoms with van der Waals surface area (Å²) in [5, 5.41) is 3.79. The molecule has 2 aromatic carbocycles. The van der Waals surface area contributed by atoms with Gasteiger partial charge in [0.2, 0.25) is 0 Å². The Morgan fingerprint density at radius 1 is 1.10 bits per heavy atom. The van der Waals surface area contributed by atoms with Crippen LogP contribution in [0.4, 0.5) is 15.8 Å². The summed E-state index contributed by atoms with van der Waals surface area (Å²) < 4.78 is 13.2. The monoisotopic (exact) mass is 348 g/mol. The average Bonchev–Trinajstić information content (AvgIpc) is 2.34. The van der Waals surface area contributed by atoms with Crippen LogP contribution < -0.4 is 11.1 Å². The van der Waals surface area contributed by atoms with E-state index in [9.17, 15) is 4.39 Å². The Hall–Kier alpha value is -1.07. The third-order valence-electron chi connectivity index (χ3n) is 2.51. The highest BCUT2D eigenvalue weighted by Crippen LogP contribution is 2.35. The Bertz CT molecular complexity index is 668. The number of halogens is 4. The zero-order valence-corrected chi connectivity index (χ0v) is 13.0. The lowest BCUT2D eigenvalue weighted by atomic mass is 10.1. The maximum atomic E-state index is 13.2. The van der Waals surface area contributed by atoms with Crippen molar-refractivity contribution in [3.8, 4) is 0 Å². The van der Waals surface area contributed by atoms with Crippen LogP contribution in [0.15, 0.2) is 30.3 Å². The quantitative estimate of drug-likeness (QED) is 0.751. The van der Waals surface area contributed by atoms with Crippen LogP contribution in [0.1, 0.15) is 5.56 Å². The summed E-state index contributed by atoms with van der Waals surface area (Å²) in [4.78, 5) is 0.171. The molecule has 20 heavy (non-hydrogen) atoms. The van der Waals surface area contributed by atoms with Crippen molar-refractivity contribution in [1.29, 1.82) is 0 Å². The van der Waals surface area contributed by atoms with Crippen LogP contribution in [0.5, 0.6) is 0 Å². The van der Waals surface area contributed by atoms with Crippen molar-refractivity contribution in [2.45, 2.75) is 0 Å². The number of rotatable bonds is 3. The van der Waals surface area contributed by atoms with E-state index in [4.69, 9.17) is 52.8 Å². The van der Waals surface area contributed by atoms with Gasteiger partial charge in [-0.05, 0) is 30.3 Å². The molecule has 0 unspecified atom stereocenters. The van der Waals surface area contributed by atoms with E-state index in [0.29, 0.717) is 22.0 Å². The molecule has 104 valence electrons. The standard InChI is InChI=1S/C13H8Cl3FN2S/c14-6-1-2-11(8(3-6)13(18)20)19-12-9(15)4-7(17)5-10(12)16/h1-5,19H,(H2,18,20). The lowest BCUT2D eigenvalue weighted by Crippen LogP contribution is -2.12. The highest BCUT2D eigenvalue weighted by atomic mass is 35.5. The topological polar surface area (TPSA) is 38.0 Å². The van der Waals surface area contributed by atoms with Crippen LogP contribution in [0, 0.1) is 5.82 Å². The van der Waals surface area contributed by atoms with Gasteiger partial charge >= 0.3 is 0 Å². The fourth-order valence-electron chi connectivity index (χ4n) is 1.63. The minimum absolute atomic E-state index is 0.152. The van der Waals surface area contributed by atoms with Gasteiger partial charge in [-0.2, -0.15) is 0 Å². The summed E-state index contributed by atoms with van der Waals surface area (Å²) >= 11 is 22.8. The predicted octanol–water partition coefficient (Wildman–Crippen LogP) is 5.16. The summed E-state index contributed by atoms with van der Waals surface area (Å²) in [5.74, 6) is -0.517. The van der Waals surface area contributed by atoms with Gasteiger partial charge in [0.25, 0.3) is 0 Å². The van der Waals surface area contributed by atoms with Crippen LogP contribution in [-0.2, 0) is 0 Å². The Kier molecular flexibility index (Phi) is 4.70. The molecule has 0 heterocycles. The van der Waals surface area contributed by atoms with E-state index in [2.05, 4.69) is 5.32 Å². The summed E-state index contributed by atoms with van der Waals surface area (Å²) in [6.07, 6.45) is 0. The molecule has 0 fully saturated rings. The van der Waals surface area contributed by atoms with Crippen LogP contribution in [0.25, 0.3) is 0 Å². The van der Waals surface area contributed by atoms with E-state index >= 15 is 0 Å². The molecule has 0 spiro atoms. The summed E-state index contributed by atoms with van der Waals surface area (Å²) in [6, 6.07) is 7.29. The number of thiocarbonyl (C=S) groups is 1. The minimum Gasteiger partial charge on any atom is -0.389 e. The minimum atomic E-state index is -0.517. The molecule has 0 radical (unpaired) electrons. The predicted molar refractivity (Wildman–Crippen MR) is 87.0 cm³/mol. The van der Waals surface area contributed by atoms with Crippen molar-refractivity contribution < 1.29 is 4.39 Å². The van der Waals surface area contributed by atoms with E-state index in [1.165, 1.54) is 0 Å². The van der Waals surface area contributed by atoms with Crippen molar-refractivity contribution in [1.82, 2.24) is 0 Å². The van der Waals surface area contributed by atoms with Gasteiger partial charge in [-0.15, -0.1) is 0 Å². The average molecular weight is 350 g/mol. The molecular weight excluding hydrogens is 342 g/mol. The van der Waals surface area contributed by atoms with E-state index in [0.717, 1.165) is 12.1 Å². The number of hydrogen-bond acceptors (Lipinski definition) is 2. The van der Waals surface area contributed by atoms with Gasteiger partial charge in [0.1, 0.15) is 10.8 Å². The van der Waals surface area contributed by atoms with Gasteiger partial charge in [0.15, 0.2) is 0 Å². The third-order valence-corrected chi connectivity index (χ3v) is 3.56. The zero-order valence-electron chi connectivity index (χ0n) is 9.88. The first-order chi connectivity index (χ1) is 9.38. The second-order valence-electron chi connectivity index (χ2n) is 3.92. The number of nitrogens with two attached hydrogens (primary N) is 1. The smallest absolute Gasteiger partial charge is 0.126 e. The Balaban J connectivity index is 2.48. The van der Waals surface area contributed by atoms with Gasteiger partial charge in [0, 0.05) is 16.3 Å². The second kappa shape index (κ2) is 6.14. The Morgan fingerprint density at radius 3 is 2.25 bits per heavy atom. The molecule has 0 aromatic heterocycles. The van der Waals surface area contributed by atoms with E-state index in [1.54, 1.807) is 18.2 Å². The molecule has 0 aliphatic carbocycles. The lowest BCUT2D eigenvalue weighted by Gasteiger charge is -2.14. The van der Waals surface area contributed by atoms with Crippen LogP contribution in [0.2, 0.25) is 15.1 Å². The van der Waals surface area contributed by atoms with E-state index < -0.39 is 5.82 Å². The van der Waals surface area contributed by atoms with Crippen molar-refractivity contribution >= 4 is 63.4 Å². The SMILES string of the molecule is NC(=S)c1cc(Cl)ccc1Nc1c(Cl)cc(F)cc1Cl. The number of anilines is 2. The number of nitrogens with one attached hydrogen (secondary N) is 1. The maximum Gasteiger partial charge on any atom is 0.126 e. The second-order valence-corrected chi connectivity index (χ2v) is 5.61. The highest BCUT2D eigenvalue weighted by Gasteiger charge is 2.12. The fourth-order valence-corrected chi connectivity index (χ4v) is 2.52. The molecule has 3 N–H and O–H groups in total. The van der Waals surface area contributed by atoms with Gasteiger partial charge in [0.05, 0.1) is 15.7 Å². The largest absolute Gasteiger partial charge is 0.389 e. The molecule has 2 nitrogen and oxygen atoms in total. The lowest BCUT2D eigenvalue weighted by molar-refractivity contribution is 0.628. The molecule has 2 rings (SSSR count). The Morgan fingerprint density at radius 2 is 1.70 bits per heavy atom. The van der Waals surface area contributed by atoms with Gasteiger partial charge in [-0.1, -0.05) is 47.0 Å². The van der Waals surface area contributed by atoms with Crippen LogP contribution in [-0.4, -0.2) is 4.99 Å². The summed E-state index contributed by atoms with van der Waals surface area (Å²) in [7, 11) is 0. The highest BCUT2D eigenvalue weighted by molar-refractivity contribution is 7.80. The molecule has 7 heteroatoms. The summed E-state index contributed by atoms with van der Waals surface area (Å²) in [5.41, 5.74) is 7.14. The molecule has 0 saturated heterocycles. The molecule has 2 aromatic rings. The van der Waals surface area contributed by atoms with Gasteiger partial charge < -0.3 is 11.1 Å². The fraction of sp³-hybridized carbons (Fsp3) is 0. The Labute approximate surface area is 135 Å².